The van der Waals surface area contributed by atoms with Gasteiger partial charge in [-0.1, -0.05) is 30.3 Å². The molecule has 8 heteroatoms. The van der Waals surface area contributed by atoms with Crippen molar-refractivity contribution in [1.82, 2.24) is 14.4 Å². The highest BCUT2D eigenvalue weighted by atomic mass is 19.4. The molecule has 35 heavy (non-hydrogen) atoms. The van der Waals surface area contributed by atoms with Crippen LogP contribution in [0.1, 0.15) is 27.9 Å². The van der Waals surface area contributed by atoms with E-state index in [1.54, 1.807) is 6.07 Å². The van der Waals surface area contributed by atoms with Crippen molar-refractivity contribution in [1.29, 1.82) is 5.26 Å². The third-order valence-corrected chi connectivity index (χ3v) is 6.28. The van der Waals surface area contributed by atoms with Gasteiger partial charge in [-0.05, 0) is 41.5 Å². The Morgan fingerprint density at radius 2 is 1.77 bits per heavy atom. The highest BCUT2D eigenvalue weighted by Gasteiger charge is 2.30. The predicted octanol–water partition coefficient (Wildman–Crippen LogP) is 4.76. The molecule has 1 fully saturated rings. The second kappa shape index (κ2) is 11.5. The van der Waals surface area contributed by atoms with E-state index in [-0.39, 0.29) is 0 Å². The van der Waals surface area contributed by atoms with E-state index in [9.17, 15) is 18.4 Å². The number of halogens is 3. The molecule has 2 aromatic carbocycles. The molecule has 0 amide bonds. The fourth-order valence-corrected chi connectivity index (χ4v) is 4.35. The van der Waals surface area contributed by atoms with Gasteiger partial charge in [0.25, 0.3) is 0 Å². The Bertz CT molecular complexity index is 1150. The monoisotopic (exact) mass is 482 g/mol. The lowest BCUT2D eigenvalue weighted by Crippen LogP contribution is -2.41. The average Bonchev–Trinajstić information content (AvgIpc) is 3.29. The number of nitriles is 1. The van der Waals surface area contributed by atoms with E-state index in [0.29, 0.717) is 30.8 Å². The summed E-state index contributed by atoms with van der Waals surface area (Å²) in [5.74, 6) is 0. The Kier molecular flexibility index (Phi) is 8.24. The van der Waals surface area contributed by atoms with Gasteiger partial charge in [0.05, 0.1) is 30.4 Å². The number of hydrogen-bond acceptors (Lipinski definition) is 4. The third kappa shape index (κ3) is 6.95. The van der Waals surface area contributed by atoms with Crippen LogP contribution < -0.4 is 0 Å². The van der Waals surface area contributed by atoms with E-state index in [1.165, 1.54) is 12.1 Å². The number of alkyl halides is 3. The first-order valence-electron chi connectivity index (χ1n) is 11.7. The lowest BCUT2D eigenvalue weighted by atomic mass is 10.1. The number of aromatic nitrogens is 1. The molecule has 5 nitrogen and oxygen atoms in total. The van der Waals surface area contributed by atoms with Gasteiger partial charge in [0, 0.05) is 57.7 Å². The molecule has 184 valence electrons. The van der Waals surface area contributed by atoms with Crippen LogP contribution in [0.25, 0.3) is 0 Å². The van der Waals surface area contributed by atoms with Gasteiger partial charge >= 0.3 is 6.18 Å². The average molecular weight is 483 g/mol. The van der Waals surface area contributed by atoms with Gasteiger partial charge in [-0.2, -0.15) is 18.4 Å². The number of hydrogen-bond donors (Lipinski definition) is 0. The van der Waals surface area contributed by atoms with E-state index in [4.69, 9.17) is 4.74 Å². The molecule has 0 atom stereocenters. The van der Waals surface area contributed by atoms with Gasteiger partial charge < -0.3 is 9.30 Å². The third-order valence-electron chi connectivity index (χ3n) is 6.28. The minimum absolute atomic E-state index is 0.359. The highest BCUT2D eigenvalue weighted by molar-refractivity contribution is 5.37. The van der Waals surface area contributed by atoms with Crippen molar-refractivity contribution in [3.8, 4) is 6.07 Å². The molecule has 0 unspecified atom stereocenters. The zero-order valence-electron chi connectivity index (χ0n) is 19.5. The standard InChI is InChI=1S/C27H29F3N4O/c28-27(29,30)25-8-3-5-22(17-25)19-34-10-4-9-26(34)21-33(12-11-32-13-15-35-16-14-32)20-24-7-2-1-6-23(24)18-31/h1-10,17H,11-16,19-21H2. The van der Waals surface area contributed by atoms with E-state index in [2.05, 4.69) is 15.9 Å². The molecular formula is C27H29F3N4O. The van der Waals surface area contributed by atoms with Crippen LogP contribution in [0.4, 0.5) is 13.2 Å². The quantitative estimate of drug-likeness (QED) is 0.441. The van der Waals surface area contributed by atoms with Crippen molar-refractivity contribution in [2.45, 2.75) is 25.8 Å². The predicted molar refractivity (Wildman–Crippen MR) is 128 cm³/mol. The second-order valence-corrected chi connectivity index (χ2v) is 8.76. The summed E-state index contributed by atoms with van der Waals surface area (Å²) < 4.78 is 46.9. The smallest absolute Gasteiger partial charge is 0.379 e. The van der Waals surface area contributed by atoms with Crippen molar-refractivity contribution in [3.63, 3.8) is 0 Å². The fourth-order valence-electron chi connectivity index (χ4n) is 4.35. The minimum atomic E-state index is -4.36. The molecule has 1 aliphatic rings. The van der Waals surface area contributed by atoms with Crippen molar-refractivity contribution < 1.29 is 17.9 Å². The summed E-state index contributed by atoms with van der Waals surface area (Å²) >= 11 is 0. The maximum absolute atomic E-state index is 13.2. The fraction of sp³-hybridized carbons (Fsp3) is 0.370. The van der Waals surface area contributed by atoms with Gasteiger partial charge in [-0.25, -0.2) is 0 Å². The van der Waals surface area contributed by atoms with E-state index >= 15 is 0 Å². The van der Waals surface area contributed by atoms with Crippen molar-refractivity contribution in [2.24, 2.45) is 0 Å². The van der Waals surface area contributed by atoms with Crippen molar-refractivity contribution >= 4 is 0 Å². The first-order chi connectivity index (χ1) is 16.9. The molecule has 0 radical (unpaired) electrons. The van der Waals surface area contributed by atoms with Crippen molar-refractivity contribution in [2.75, 3.05) is 39.4 Å². The van der Waals surface area contributed by atoms with Crippen LogP contribution in [-0.2, 0) is 30.5 Å². The summed E-state index contributed by atoms with van der Waals surface area (Å²) in [6.07, 6.45) is -2.46. The maximum Gasteiger partial charge on any atom is 0.416 e. The normalized spacial score (nSPS) is 14.8. The van der Waals surface area contributed by atoms with Crippen LogP contribution in [0.2, 0.25) is 0 Å². The molecule has 0 aliphatic carbocycles. The molecule has 0 bridgehead atoms. The number of benzene rings is 2. The van der Waals surface area contributed by atoms with Crippen LogP contribution in [-0.4, -0.2) is 53.8 Å². The first kappa shape index (κ1) is 25.0. The molecule has 2 heterocycles. The van der Waals surface area contributed by atoms with Gasteiger partial charge in [0.15, 0.2) is 0 Å². The minimum Gasteiger partial charge on any atom is -0.379 e. The van der Waals surface area contributed by atoms with Crippen molar-refractivity contribution in [3.05, 3.63) is 94.8 Å². The van der Waals surface area contributed by atoms with Gasteiger partial charge in [-0.3, -0.25) is 9.80 Å². The van der Waals surface area contributed by atoms with Gasteiger partial charge in [0.1, 0.15) is 0 Å². The number of ether oxygens (including phenoxy) is 1. The Morgan fingerprint density at radius 1 is 0.971 bits per heavy atom. The lowest BCUT2D eigenvalue weighted by molar-refractivity contribution is -0.137. The summed E-state index contributed by atoms with van der Waals surface area (Å²) in [5.41, 5.74) is 2.60. The molecule has 0 saturated carbocycles. The Morgan fingerprint density at radius 3 is 2.54 bits per heavy atom. The Balaban J connectivity index is 1.51. The molecule has 0 N–H and O–H groups in total. The summed E-state index contributed by atoms with van der Waals surface area (Å²) in [5, 5.41) is 9.53. The van der Waals surface area contributed by atoms with Crippen LogP contribution in [0, 0.1) is 11.3 Å². The SMILES string of the molecule is N#Cc1ccccc1CN(CCN1CCOCC1)Cc1cccn1Cc1cccc(C(F)(F)F)c1. The summed E-state index contributed by atoms with van der Waals surface area (Å²) in [6.45, 7) is 6.54. The molecule has 1 saturated heterocycles. The molecule has 0 spiro atoms. The number of morpholine rings is 1. The lowest BCUT2D eigenvalue weighted by Gasteiger charge is -2.30. The van der Waals surface area contributed by atoms with Gasteiger partial charge in [0.2, 0.25) is 0 Å². The molecular weight excluding hydrogens is 453 g/mol. The van der Waals surface area contributed by atoms with Crippen LogP contribution in [0.3, 0.4) is 0 Å². The zero-order chi connectivity index (χ0) is 24.7. The second-order valence-electron chi connectivity index (χ2n) is 8.76. The van der Waals surface area contributed by atoms with E-state index in [0.717, 1.165) is 56.7 Å². The van der Waals surface area contributed by atoms with Crippen LogP contribution >= 0.6 is 0 Å². The first-order valence-corrected chi connectivity index (χ1v) is 11.7. The number of nitrogens with zero attached hydrogens (tertiary/aromatic N) is 4. The molecule has 3 aromatic rings. The Hall–Kier alpha value is -3.12. The summed E-state index contributed by atoms with van der Waals surface area (Å²) in [6, 6.07) is 19.3. The highest BCUT2D eigenvalue weighted by Crippen LogP contribution is 2.29. The maximum atomic E-state index is 13.2. The molecule has 1 aromatic heterocycles. The van der Waals surface area contributed by atoms with Crippen LogP contribution in [0.5, 0.6) is 0 Å². The van der Waals surface area contributed by atoms with Crippen LogP contribution in [0.15, 0.2) is 66.9 Å². The zero-order valence-corrected chi connectivity index (χ0v) is 19.5. The van der Waals surface area contributed by atoms with E-state index in [1.807, 2.05) is 47.2 Å². The summed E-state index contributed by atoms with van der Waals surface area (Å²) in [4.78, 5) is 4.66. The molecule has 1 aliphatic heterocycles. The van der Waals surface area contributed by atoms with Gasteiger partial charge in [-0.15, -0.1) is 0 Å². The summed E-state index contributed by atoms with van der Waals surface area (Å²) in [7, 11) is 0. The Labute approximate surface area is 203 Å². The number of rotatable bonds is 9. The van der Waals surface area contributed by atoms with E-state index < -0.39 is 11.7 Å². The largest absolute Gasteiger partial charge is 0.416 e. The topological polar surface area (TPSA) is 44.4 Å². The molecule has 4 rings (SSSR count).